The second-order valence-electron chi connectivity index (χ2n) is 10.2. The number of benzene rings is 2. The van der Waals surface area contributed by atoms with Gasteiger partial charge in [0.15, 0.2) is 23.0 Å². The average molecular weight is 653 g/mol. The maximum Gasteiger partial charge on any atom is 0.328 e. The number of carboxylic acids is 1. The number of aryl methyl sites for hydroxylation is 2. The van der Waals surface area contributed by atoms with E-state index in [1.165, 1.54) is 12.2 Å². The van der Waals surface area contributed by atoms with Gasteiger partial charge in [-0.3, -0.25) is 19.1 Å². The standard InChI is InChI=1S/C20H20N4O3.C15H16N2O4/c1-24-13-16(11-22-24)14-27-19-10-15(5-7-18(19)26-2)6-8-20(25)23-17-4-3-9-21-12-17;1-17-9-12(8-16-17)10-21-14-7-11(4-6-15(18)19)3-5-13(14)20-2/h3-13H,14H2,1-2H3,(H,23,25);3-9H,10H2,1-2H3,(H,18,19)/b8-6+;6-4+. The molecule has 13 heteroatoms. The number of aliphatic carboxylic acids is 1. The van der Waals surface area contributed by atoms with Gasteiger partial charge in [-0.2, -0.15) is 10.2 Å². The number of rotatable bonds is 13. The molecule has 0 bridgehead atoms. The van der Waals surface area contributed by atoms with E-state index in [0.717, 1.165) is 28.3 Å². The second kappa shape index (κ2) is 17.4. The van der Waals surface area contributed by atoms with Crippen LogP contribution >= 0.6 is 0 Å². The first kappa shape index (κ1) is 34.5. The molecule has 0 radical (unpaired) electrons. The third kappa shape index (κ3) is 10.9. The van der Waals surface area contributed by atoms with Gasteiger partial charge in [-0.05, 0) is 59.7 Å². The van der Waals surface area contributed by atoms with Crippen molar-refractivity contribution in [2.45, 2.75) is 13.2 Å². The first-order valence-corrected chi connectivity index (χ1v) is 14.6. The Hall–Kier alpha value is -6.37. The Balaban J connectivity index is 0.000000224. The van der Waals surface area contributed by atoms with Crippen LogP contribution in [0.25, 0.3) is 12.2 Å². The average Bonchev–Trinajstić information content (AvgIpc) is 3.72. The highest BCUT2D eigenvalue weighted by molar-refractivity contribution is 6.01. The summed E-state index contributed by atoms with van der Waals surface area (Å²) in [5.74, 6) is 1.12. The van der Waals surface area contributed by atoms with Crippen LogP contribution in [0, 0.1) is 0 Å². The summed E-state index contributed by atoms with van der Waals surface area (Å²) in [5, 5.41) is 19.6. The van der Waals surface area contributed by atoms with Gasteiger partial charge in [-0.25, -0.2) is 4.79 Å². The summed E-state index contributed by atoms with van der Waals surface area (Å²) in [6.07, 6.45) is 16.2. The number of anilines is 1. The Bertz CT molecular complexity index is 1860. The van der Waals surface area contributed by atoms with Crippen molar-refractivity contribution in [2.24, 2.45) is 14.1 Å². The fourth-order valence-corrected chi connectivity index (χ4v) is 4.19. The van der Waals surface area contributed by atoms with Crippen LogP contribution in [0.4, 0.5) is 5.69 Å². The molecule has 248 valence electrons. The van der Waals surface area contributed by atoms with Gasteiger partial charge in [0.05, 0.1) is 38.5 Å². The summed E-state index contributed by atoms with van der Waals surface area (Å²) in [5.41, 5.74) is 4.07. The van der Waals surface area contributed by atoms with E-state index < -0.39 is 5.97 Å². The lowest BCUT2D eigenvalue weighted by molar-refractivity contribution is -0.131. The molecule has 3 aromatic heterocycles. The molecular weight excluding hydrogens is 616 g/mol. The Morgan fingerprint density at radius 2 is 1.31 bits per heavy atom. The number of pyridine rings is 1. The number of hydrogen-bond donors (Lipinski definition) is 2. The zero-order chi connectivity index (χ0) is 34.3. The van der Waals surface area contributed by atoms with E-state index in [2.05, 4.69) is 20.5 Å². The third-order valence-corrected chi connectivity index (χ3v) is 6.46. The SMILES string of the molecule is COc1ccc(/C=C/C(=O)Nc2cccnc2)cc1OCc1cnn(C)c1.COc1ccc(/C=C/C(=O)O)cc1OCc1cnn(C)c1. The van der Waals surface area contributed by atoms with Gasteiger partial charge in [-0.15, -0.1) is 0 Å². The molecule has 0 unspecified atom stereocenters. The number of hydrogen-bond acceptors (Lipinski definition) is 9. The molecule has 2 aromatic carbocycles. The summed E-state index contributed by atoms with van der Waals surface area (Å²) >= 11 is 0. The van der Waals surface area contributed by atoms with Gasteiger partial charge in [-0.1, -0.05) is 12.1 Å². The van der Waals surface area contributed by atoms with Crippen molar-refractivity contribution in [3.63, 3.8) is 0 Å². The molecule has 13 nitrogen and oxygen atoms in total. The third-order valence-electron chi connectivity index (χ3n) is 6.46. The van der Waals surface area contributed by atoms with Crippen LogP contribution < -0.4 is 24.3 Å². The van der Waals surface area contributed by atoms with Crippen LogP contribution in [0.2, 0.25) is 0 Å². The molecule has 5 aromatic rings. The first-order chi connectivity index (χ1) is 23.2. The molecule has 0 spiro atoms. The van der Waals surface area contributed by atoms with Crippen LogP contribution in [0.3, 0.4) is 0 Å². The topological polar surface area (TPSA) is 152 Å². The molecule has 2 N–H and O–H groups in total. The number of carbonyl (C=O) groups excluding carboxylic acids is 1. The minimum absolute atomic E-state index is 0.239. The zero-order valence-corrected chi connectivity index (χ0v) is 26.9. The Morgan fingerprint density at radius 3 is 1.75 bits per heavy atom. The maximum absolute atomic E-state index is 12.0. The summed E-state index contributed by atoms with van der Waals surface area (Å²) < 4.78 is 25.6. The van der Waals surface area contributed by atoms with E-state index >= 15 is 0 Å². The van der Waals surface area contributed by atoms with Crippen LogP contribution in [0.1, 0.15) is 22.3 Å². The summed E-state index contributed by atoms with van der Waals surface area (Å²) in [4.78, 5) is 26.5. The number of aromatic nitrogens is 5. The molecule has 0 aliphatic rings. The highest BCUT2D eigenvalue weighted by Gasteiger charge is 2.08. The van der Waals surface area contributed by atoms with Gasteiger partial charge in [0, 0.05) is 56.0 Å². The number of carbonyl (C=O) groups is 2. The Kier molecular flexibility index (Phi) is 12.5. The lowest BCUT2D eigenvalue weighted by Crippen LogP contribution is -2.07. The Labute approximate surface area is 277 Å². The number of carboxylic acid groups (broad SMARTS) is 1. The predicted octanol–water partition coefficient (Wildman–Crippen LogP) is 5.16. The van der Waals surface area contributed by atoms with Crippen molar-refractivity contribution in [1.29, 1.82) is 0 Å². The van der Waals surface area contributed by atoms with Crippen LogP contribution in [0.15, 0.2) is 97.9 Å². The lowest BCUT2D eigenvalue weighted by Gasteiger charge is -2.10. The molecule has 0 aliphatic heterocycles. The van der Waals surface area contributed by atoms with Crippen LogP contribution in [0.5, 0.6) is 23.0 Å². The molecule has 0 fully saturated rings. The normalized spacial score (nSPS) is 10.8. The van der Waals surface area contributed by atoms with Crippen molar-refractivity contribution in [3.8, 4) is 23.0 Å². The number of ether oxygens (including phenoxy) is 4. The van der Waals surface area contributed by atoms with E-state index in [1.807, 2.05) is 38.6 Å². The van der Waals surface area contributed by atoms with E-state index in [0.29, 0.717) is 41.9 Å². The van der Waals surface area contributed by atoms with Crippen molar-refractivity contribution in [2.75, 3.05) is 19.5 Å². The largest absolute Gasteiger partial charge is 0.493 e. The quantitative estimate of drug-likeness (QED) is 0.163. The predicted molar refractivity (Wildman–Crippen MR) is 180 cm³/mol. The molecular formula is C35H36N6O7. The first-order valence-electron chi connectivity index (χ1n) is 14.6. The van der Waals surface area contributed by atoms with Gasteiger partial charge < -0.3 is 29.4 Å². The number of amides is 1. The lowest BCUT2D eigenvalue weighted by atomic mass is 10.2. The smallest absolute Gasteiger partial charge is 0.328 e. The van der Waals surface area contributed by atoms with Crippen molar-refractivity contribution in [1.82, 2.24) is 24.5 Å². The highest BCUT2D eigenvalue weighted by atomic mass is 16.5. The molecule has 5 rings (SSSR count). The summed E-state index contributed by atoms with van der Waals surface area (Å²) in [6.45, 7) is 0.731. The van der Waals surface area contributed by atoms with E-state index in [-0.39, 0.29) is 5.91 Å². The van der Waals surface area contributed by atoms with Gasteiger partial charge in [0.1, 0.15) is 13.2 Å². The zero-order valence-electron chi connectivity index (χ0n) is 26.9. The monoisotopic (exact) mass is 652 g/mol. The minimum atomic E-state index is -0.997. The molecule has 48 heavy (non-hydrogen) atoms. The van der Waals surface area contributed by atoms with Gasteiger partial charge >= 0.3 is 5.97 Å². The molecule has 3 heterocycles. The maximum atomic E-state index is 12.0. The van der Waals surface area contributed by atoms with Crippen molar-refractivity contribution in [3.05, 3.63) is 120 Å². The molecule has 0 aliphatic carbocycles. The summed E-state index contributed by atoms with van der Waals surface area (Å²) in [7, 11) is 6.83. The summed E-state index contributed by atoms with van der Waals surface area (Å²) in [6, 6.07) is 14.2. The van der Waals surface area contributed by atoms with E-state index in [4.69, 9.17) is 24.1 Å². The molecule has 0 saturated carbocycles. The highest BCUT2D eigenvalue weighted by Crippen LogP contribution is 2.30. The fraction of sp³-hybridized carbons (Fsp3) is 0.171. The molecule has 0 atom stereocenters. The number of nitrogens with zero attached hydrogens (tertiary/aromatic N) is 5. The van der Waals surface area contributed by atoms with Crippen LogP contribution in [-0.4, -0.2) is 55.7 Å². The minimum Gasteiger partial charge on any atom is -0.493 e. The number of methoxy groups -OCH3 is 2. The number of nitrogens with one attached hydrogen (secondary N) is 1. The second-order valence-corrected chi connectivity index (χ2v) is 10.2. The van der Waals surface area contributed by atoms with Crippen LogP contribution in [-0.2, 0) is 36.9 Å². The Morgan fingerprint density at radius 1 is 0.771 bits per heavy atom. The fourth-order valence-electron chi connectivity index (χ4n) is 4.19. The van der Waals surface area contributed by atoms with Gasteiger partial charge in [0.2, 0.25) is 5.91 Å². The van der Waals surface area contributed by atoms with E-state index in [9.17, 15) is 9.59 Å². The molecule has 1 amide bonds. The van der Waals surface area contributed by atoms with Crippen molar-refractivity contribution >= 4 is 29.7 Å². The molecule has 0 saturated heterocycles. The van der Waals surface area contributed by atoms with Crippen molar-refractivity contribution < 1.29 is 33.6 Å². The van der Waals surface area contributed by atoms with Gasteiger partial charge in [0.25, 0.3) is 0 Å². The van der Waals surface area contributed by atoms with E-state index in [1.54, 1.807) is 90.8 Å².